The fraction of sp³-hybridized carbons (Fsp3) is 0.471. The van der Waals surface area contributed by atoms with E-state index in [9.17, 15) is 23.1 Å². The van der Waals surface area contributed by atoms with Gasteiger partial charge in [-0.2, -0.15) is 18.2 Å². The Bertz CT molecular complexity index is 835. The largest absolute Gasteiger partial charge is 0.479 e. The zero-order valence-electron chi connectivity index (χ0n) is 14.7. The number of rotatable bonds is 4. The van der Waals surface area contributed by atoms with Crippen molar-refractivity contribution < 1.29 is 32.3 Å². The van der Waals surface area contributed by atoms with Crippen LogP contribution in [0.1, 0.15) is 25.3 Å². The number of aromatic nitrogens is 2. The zero-order chi connectivity index (χ0) is 19.8. The molecule has 27 heavy (non-hydrogen) atoms. The average Bonchev–Trinajstić information content (AvgIpc) is 3.01. The average molecular weight is 385 g/mol. The van der Waals surface area contributed by atoms with Crippen molar-refractivity contribution in [1.82, 2.24) is 15.0 Å². The Kier molecular flexibility index (Phi) is 4.96. The molecule has 1 aromatic carbocycles. The van der Waals surface area contributed by atoms with Gasteiger partial charge in [0.15, 0.2) is 6.10 Å². The van der Waals surface area contributed by atoms with Gasteiger partial charge in [0.2, 0.25) is 11.7 Å². The predicted molar refractivity (Wildman–Crippen MR) is 86.6 cm³/mol. The summed E-state index contributed by atoms with van der Waals surface area (Å²) in [6, 6.07) is 4.65. The van der Waals surface area contributed by atoms with Crippen LogP contribution < -0.4 is 0 Å². The van der Waals surface area contributed by atoms with E-state index in [0.717, 1.165) is 12.1 Å². The van der Waals surface area contributed by atoms with E-state index >= 15 is 0 Å². The number of hydrogen-bond donors (Lipinski definition) is 1. The maximum atomic E-state index is 12.8. The SMILES string of the molecule is CC1(C)CN(Cc2nc(-c3cccc(C(F)(F)F)c3)no2)CC(C(=O)O)O1. The summed E-state index contributed by atoms with van der Waals surface area (Å²) < 4.78 is 49.2. The second-order valence-corrected chi connectivity index (χ2v) is 6.96. The van der Waals surface area contributed by atoms with Crippen molar-refractivity contribution in [3.8, 4) is 11.4 Å². The number of halogens is 3. The number of ether oxygens (including phenoxy) is 1. The highest BCUT2D eigenvalue weighted by Gasteiger charge is 2.37. The maximum absolute atomic E-state index is 12.8. The molecule has 0 bridgehead atoms. The van der Waals surface area contributed by atoms with Crippen LogP contribution in [-0.2, 0) is 22.3 Å². The minimum atomic E-state index is -4.46. The highest BCUT2D eigenvalue weighted by atomic mass is 19.4. The van der Waals surface area contributed by atoms with Crippen LogP contribution in [0.5, 0.6) is 0 Å². The van der Waals surface area contributed by atoms with Crippen LogP contribution in [0.15, 0.2) is 28.8 Å². The minimum Gasteiger partial charge on any atom is -0.479 e. The molecule has 2 heterocycles. The molecule has 0 aliphatic carbocycles. The molecule has 0 spiro atoms. The standard InChI is InChI=1S/C17H18F3N3O4/c1-16(2)9-23(7-12(26-16)15(24)25)8-13-21-14(22-27-13)10-4-3-5-11(6-10)17(18,19)20/h3-6,12H,7-9H2,1-2H3,(H,24,25). The molecule has 0 amide bonds. The monoisotopic (exact) mass is 385 g/mol. The predicted octanol–water partition coefficient (Wildman–Crippen LogP) is 2.82. The minimum absolute atomic E-state index is 0.0402. The summed E-state index contributed by atoms with van der Waals surface area (Å²) in [4.78, 5) is 17.2. The van der Waals surface area contributed by atoms with Crippen LogP contribution in [0.3, 0.4) is 0 Å². The van der Waals surface area contributed by atoms with Gasteiger partial charge in [0.05, 0.1) is 17.7 Å². The van der Waals surface area contributed by atoms with Crippen molar-refractivity contribution in [2.75, 3.05) is 13.1 Å². The smallest absolute Gasteiger partial charge is 0.416 e. The molecule has 1 N–H and O–H groups in total. The van der Waals surface area contributed by atoms with Gasteiger partial charge in [-0.25, -0.2) is 4.79 Å². The van der Waals surface area contributed by atoms with E-state index in [0.29, 0.717) is 6.54 Å². The topological polar surface area (TPSA) is 88.7 Å². The Morgan fingerprint density at radius 2 is 2.15 bits per heavy atom. The molecule has 7 nitrogen and oxygen atoms in total. The molecule has 1 unspecified atom stereocenters. The first-order valence-corrected chi connectivity index (χ1v) is 8.17. The zero-order valence-corrected chi connectivity index (χ0v) is 14.7. The Morgan fingerprint density at radius 1 is 1.41 bits per heavy atom. The third kappa shape index (κ3) is 4.64. The van der Waals surface area contributed by atoms with Gasteiger partial charge < -0.3 is 14.4 Å². The van der Waals surface area contributed by atoms with E-state index in [4.69, 9.17) is 9.26 Å². The lowest BCUT2D eigenvalue weighted by atomic mass is 10.1. The van der Waals surface area contributed by atoms with Crippen molar-refractivity contribution in [3.63, 3.8) is 0 Å². The number of alkyl halides is 3. The molecule has 146 valence electrons. The highest BCUT2D eigenvalue weighted by Crippen LogP contribution is 2.31. The highest BCUT2D eigenvalue weighted by molar-refractivity contribution is 5.72. The van der Waals surface area contributed by atoms with Gasteiger partial charge in [0.1, 0.15) is 0 Å². The molecule has 1 saturated heterocycles. The van der Waals surface area contributed by atoms with Gasteiger partial charge >= 0.3 is 12.1 Å². The van der Waals surface area contributed by atoms with Gasteiger partial charge in [-0.1, -0.05) is 17.3 Å². The molecular weight excluding hydrogens is 367 g/mol. The lowest BCUT2D eigenvalue weighted by molar-refractivity contribution is -0.179. The van der Waals surface area contributed by atoms with Crippen molar-refractivity contribution >= 4 is 5.97 Å². The maximum Gasteiger partial charge on any atom is 0.416 e. The molecular formula is C17H18F3N3O4. The van der Waals surface area contributed by atoms with Crippen LogP contribution in [0.25, 0.3) is 11.4 Å². The lowest BCUT2D eigenvalue weighted by Gasteiger charge is -2.40. The van der Waals surface area contributed by atoms with Gasteiger partial charge in [-0.3, -0.25) is 4.90 Å². The van der Waals surface area contributed by atoms with Crippen LogP contribution in [0.2, 0.25) is 0 Å². The normalized spacial score (nSPS) is 20.6. The number of nitrogens with zero attached hydrogens (tertiary/aromatic N) is 3. The van der Waals surface area contributed by atoms with Gasteiger partial charge in [0.25, 0.3) is 0 Å². The molecule has 0 radical (unpaired) electrons. The van der Waals surface area contributed by atoms with Gasteiger partial charge in [-0.15, -0.1) is 0 Å². The van der Waals surface area contributed by atoms with Crippen LogP contribution >= 0.6 is 0 Å². The van der Waals surface area contributed by atoms with Gasteiger partial charge in [0, 0.05) is 18.7 Å². The van der Waals surface area contributed by atoms with Crippen LogP contribution in [-0.4, -0.2) is 50.9 Å². The van der Waals surface area contributed by atoms with Crippen LogP contribution in [0, 0.1) is 0 Å². The summed E-state index contributed by atoms with van der Waals surface area (Å²) in [5, 5.41) is 12.9. The fourth-order valence-corrected chi connectivity index (χ4v) is 3.01. The third-order valence-corrected chi connectivity index (χ3v) is 4.04. The van der Waals surface area contributed by atoms with E-state index in [2.05, 4.69) is 10.1 Å². The summed E-state index contributed by atoms with van der Waals surface area (Å²) in [7, 11) is 0. The summed E-state index contributed by atoms with van der Waals surface area (Å²) in [5.41, 5.74) is -1.29. The Labute approximate surface area is 152 Å². The number of carboxylic acid groups (broad SMARTS) is 1. The first-order valence-electron chi connectivity index (χ1n) is 8.17. The molecule has 2 aromatic rings. The van der Waals surface area contributed by atoms with Crippen molar-refractivity contribution in [2.24, 2.45) is 0 Å². The number of benzene rings is 1. The van der Waals surface area contributed by atoms with E-state index in [1.165, 1.54) is 12.1 Å². The third-order valence-electron chi connectivity index (χ3n) is 4.04. The molecule has 1 fully saturated rings. The van der Waals surface area contributed by atoms with E-state index in [1.54, 1.807) is 18.7 Å². The summed E-state index contributed by atoms with van der Waals surface area (Å²) >= 11 is 0. The quantitative estimate of drug-likeness (QED) is 0.866. The Hall–Kier alpha value is -2.46. The van der Waals surface area contributed by atoms with E-state index in [1.807, 2.05) is 0 Å². The number of morpholine rings is 1. The van der Waals surface area contributed by atoms with Crippen LogP contribution in [0.4, 0.5) is 13.2 Å². The van der Waals surface area contributed by atoms with Crippen molar-refractivity contribution in [2.45, 2.75) is 38.3 Å². The first-order chi connectivity index (χ1) is 12.5. The fourth-order valence-electron chi connectivity index (χ4n) is 3.01. The van der Waals surface area contributed by atoms with E-state index in [-0.39, 0.29) is 30.4 Å². The molecule has 1 aliphatic rings. The molecule has 3 rings (SSSR count). The number of aliphatic carboxylic acids is 1. The Balaban J connectivity index is 1.76. The molecule has 1 aromatic heterocycles. The number of carbonyl (C=O) groups is 1. The van der Waals surface area contributed by atoms with E-state index < -0.39 is 29.4 Å². The molecule has 0 saturated carbocycles. The summed E-state index contributed by atoms with van der Waals surface area (Å²) in [5.74, 6) is -0.842. The summed E-state index contributed by atoms with van der Waals surface area (Å²) in [6.45, 7) is 4.30. The molecule has 1 atom stereocenters. The molecule has 1 aliphatic heterocycles. The number of hydrogen-bond acceptors (Lipinski definition) is 6. The van der Waals surface area contributed by atoms with Crippen molar-refractivity contribution in [3.05, 3.63) is 35.7 Å². The lowest BCUT2D eigenvalue weighted by Crippen LogP contribution is -2.54. The summed E-state index contributed by atoms with van der Waals surface area (Å²) in [6.07, 6.45) is -5.45. The Morgan fingerprint density at radius 3 is 2.81 bits per heavy atom. The van der Waals surface area contributed by atoms with Gasteiger partial charge in [-0.05, 0) is 26.0 Å². The van der Waals surface area contributed by atoms with Crippen molar-refractivity contribution in [1.29, 1.82) is 0 Å². The second kappa shape index (κ2) is 6.93. The molecule has 10 heteroatoms. The number of carboxylic acids is 1. The first kappa shape index (κ1) is 19.3. The second-order valence-electron chi connectivity index (χ2n) is 6.96.